The van der Waals surface area contributed by atoms with Gasteiger partial charge in [-0.3, -0.25) is 19.5 Å². The van der Waals surface area contributed by atoms with Crippen LogP contribution >= 0.6 is 45.8 Å². The van der Waals surface area contributed by atoms with Gasteiger partial charge in [-0.1, -0.05) is 23.9 Å². The Balaban J connectivity index is 1.41. The van der Waals surface area contributed by atoms with Crippen LogP contribution in [0.3, 0.4) is 0 Å². The highest BCUT2D eigenvalue weighted by Gasteiger charge is 2.17. The summed E-state index contributed by atoms with van der Waals surface area (Å²) in [6.07, 6.45) is 0. The topological polar surface area (TPSA) is 93.1 Å². The average molecular weight is 477 g/mol. The molecule has 0 aliphatic carbocycles. The molecule has 0 radical (unpaired) electrons. The lowest BCUT2D eigenvalue weighted by Crippen LogP contribution is -2.39. The lowest BCUT2D eigenvalue weighted by Gasteiger charge is -2.08. The minimum absolute atomic E-state index is 0.0264. The first-order valence-electron chi connectivity index (χ1n) is 8.78. The molecule has 4 rings (SSSR count). The summed E-state index contributed by atoms with van der Waals surface area (Å²) >= 11 is 5.62. The molecule has 0 fully saturated rings. The van der Waals surface area contributed by atoms with Crippen LogP contribution in [0.4, 0.5) is 4.79 Å². The lowest BCUT2D eigenvalue weighted by atomic mass is 10.2. The van der Waals surface area contributed by atoms with Gasteiger partial charge in [0.25, 0.3) is 5.56 Å². The maximum atomic E-state index is 12.9. The normalized spacial score (nSPS) is 11.0. The molecule has 4 heterocycles. The average Bonchev–Trinajstić information content (AvgIpc) is 3.49. The van der Waals surface area contributed by atoms with Crippen LogP contribution in [0.25, 0.3) is 20.7 Å². The monoisotopic (exact) mass is 476 g/mol. The summed E-state index contributed by atoms with van der Waals surface area (Å²) < 4.78 is 1.45. The van der Waals surface area contributed by atoms with E-state index in [1.165, 1.54) is 27.2 Å². The van der Waals surface area contributed by atoms with Crippen LogP contribution in [0.2, 0.25) is 0 Å². The van der Waals surface area contributed by atoms with Crippen LogP contribution in [0, 0.1) is 0 Å². The van der Waals surface area contributed by atoms with Crippen LogP contribution in [0.1, 0.15) is 4.88 Å². The molecule has 3 amide bonds. The third kappa shape index (κ3) is 4.48. The highest BCUT2D eigenvalue weighted by Crippen LogP contribution is 2.34. The fourth-order valence-electron chi connectivity index (χ4n) is 2.71. The second kappa shape index (κ2) is 9.13. The number of thiophene rings is 3. The van der Waals surface area contributed by atoms with Gasteiger partial charge in [0.2, 0.25) is 5.91 Å². The second-order valence-corrected chi connectivity index (χ2v) is 9.94. The number of thioether (sulfide) groups is 1. The Morgan fingerprint density at radius 3 is 2.70 bits per heavy atom. The molecule has 0 bridgehead atoms. The van der Waals surface area contributed by atoms with E-state index in [-0.39, 0.29) is 11.3 Å². The molecular formula is C19H16N4O3S4. The van der Waals surface area contributed by atoms with Crippen molar-refractivity contribution in [2.24, 2.45) is 7.05 Å². The zero-order valence-electron chi connectivity index (χ0n) is 15.7. The Labute approximate surface area is 187 Å². The number of amides is 3. The molecule has 4 aromatic heterocycles. The molecular weight excluding hydrogens is 461 g/mol. The second-order valence-electron chi connectivity index (χ2n) is 6.16. The van der Waals surface area contributed by atoms with Gasteiger partial charge in [0, 0.05) is 27.7 Å². The van der Waals surface area contributed by atoms with Gasteiger partial charge >= 0.3 is 6.03 Å². The number of hydrogen-bond acceptors (Lipinski definition) is 8. The Hall–Kier alpha value is -2.47. The molecule has 7 nitrogen and oxygen atoms in total. The quantitative estimate of drug-likeness (QED) is 0.325. The Morgan fingerprint density at radius 2 is 1.97 bits per heavy atom. The number of hydrogen-bond donors (Lipinski definition) is 2. The molecule has 2 N–H and O–H groups in total. The van der Waals surface area contributed by atoms with Crippen molar-refractivity contribution in [2.45, 2.75) is 11.7 Å². The summed E-state index contributed by atoms with van der Waals surface area (Å²) in [6, 6.07) is 7.17. The fourth-order valence-corrected chi connectivity index (χ4v) is 5.93. The number of nitrogens with zero attached hydrogens (tertiary/aromatic N) is 2. The number of fused-ring (bicyclic) bond motifs is 1. The molecule has 0 unspecified atom stereocenters. The number of carbonyl (C=O) groups is 2. The molecule has 0 aliphatic heterocycles. The highest BCUT2D eigenvalue weighted by molar-refractivity contribution is 7.99. The van der Waals surface area contributed by atoms with Gasteiger partial charge in [-0.15, -0.1) is 34.0 Å². The van der Waals surface area contributed by atoms with E-state index in [1.807, 2.05) is 40.4 Å². The third-order valence-corrected chi connectivity index (χ3v) is 7.83. The minimum atomic E-state index is -0.551. The van der Waals surface area contributed by atoms with Crippen molar-refractivity contribution in [3.8, 4) is 10.4 Å². The van der Waals surface area contributed by atoms with E-state index in [4.69, 9.17) is 0 Å². The van der Waals surface area contributed by atoms with E-state index in [0.29, 0.717) is 21.9 Å². The Kier molecular flexibility index (Phi) is 6.32. The van der Waals surface area contributed by atoms with Gasteiger partial charge in [0.15, 0.2) is 5.16 Å². The summed E-state index contributed by atoms with van der Waals surface area (Å²) in [5.74, 6) is -0.482. The minimum Gasteiger partial charge on any atom is -0.333 e. The zero-order chi connectivity index (χ0) is 21.1. The van der Waals surface area contributed by atoms with E-state index in [9.17, 15) is 14.4 Å². The summed E-state index contributed by atoms with van der Waals surface area (Å²) in [5.41, 5.74) is 0.732. The largest absolute Gasteiger partial charge is 0.333 e. The Bertz CT molecular complexity index is 1240. The van der Waals surface area contributed by atoms with Gasteiger partial charge in [0.1, 0.15) is 4.83 Å². The van der Waals surface area contributed by atoms with Gasteiger partial charge in [0.05, 0.1) is 17.7 Å². The number of carbonyl (C=O) groups excluding carboxylic acids is 2. The number of aromatic nitrogens is 2. The van der Waals surface area contributed by atoms with Crippen molar-refractivity contribution in [2.75, 3.05) is 5.75 Å². The molecule has 11 heteroatoms. The van der Waals surface area contributed by atoms with E-state index in [1.54, 1.807) is 18.4 Å². The van der Waals surface area contributed by atoms with Crippen LogP contribution in [0.15, 0.2) is 50.4 Å². The van der Waals surface area contributed by atoms with E-state index in [2.05, 4.69) is 15.6 Å². The van der Waals surface area contributed by atoms with E-state index in [0.717, 1.165) is 27.1 Å². The van der Waals surface area contributed by atoms with Crippen LogP contribution in [0.5, 0.6) is 0 Å². The first kappa shape index (κ1) is 20.8. The van der Waals surface area contributed by atoms with Crippen molar-refractivity contribution in [3.63, 3.8) is 0 Å². The van der Waals surface area contributed by atoms with Gasteiger partial charge in [-0.2, -0.15) is 0 Å². The summed E-state index contributed by atoms with van der Waals surface area (Å²) in [4.78, 5) is 44.1. The summed E-state index contributed by atoms with van der Waals surface area (Å²) in [6.45, 7) is 0.363. The molecule has 30 heavy (non-hydrogen) atoms. The molecule has 154 valence electrons. The number of rotatable bonds is 6. The van der Waals surface area contributed by atoms with Crippen LogP contribution in [-0.4, -0.2) is 27.2 Å². The third-order valence-electron chi connectivity index (χ3n) is 4.15. The van der Waals surface area contributed by atoms with E-state index < -0.39 is 11.9 Å². The maximum Gasteiger partial charge on any atom is 0.321 e. The smallest absolute Gasteiger partial charge is 0.321 e. The molecule has 0 aromatic carbocycles. The predicted molar refractivity (Wildman–Crippen MR) is 124 cm³/mol. The first-order chi connectivity index (χ1) is 14.5. The predicted octanol–water partition coefficient (Wildman–Crippen LogP) is 3.90. The van der Waals surface area contributed by atoms with Gasteiger partial charge in [-0.05, 0) is 22.9 Å². The molecule has 0 spiro atoms. The SMILES string of the molecule is Cn1c(SCC(=O)NC(=O)NCc2cccs2)nc2scc(-c3cccs3)c2c1=O. The van der Waals surface area contributed by atoms with Crippen LogP contribution < -0.4 is 16.2 Å². The van der Waals surface area contributed by atoms with Crippen molar-refractivity contribution in [1.82, 2.24) is 20.2 Å². The Morgan fingerprint density at radius 1 is 1.17 bits per heavy atom. The number of urea groups is 1. The molecule has 0 aliphatic rings. The summed E-state index contributed by atoms with van der Waals surface area (Å²) in [7, 11) is 1.64. The fraction of sp³-hybridized carbons (Fsp3) is 0.158. The number of imide groups is 1. The maximum absolute atomic E-state index is 12.9. The summed E-state index contributed by atoms with van der Waals surface area (Å²) in [5, 5.41) is 11.8. The van der Waals surface area contributed by atoms with E-state index >= 15 is 0 Å². The first-order valence-corrected chi connectivity index (χ1v) is 12.4. The van der Waals surface area contributed by atoms with Crippen molar-refractivity contribution < 1.29 is 9.59 Å². The standard InChI is InChI=1S/C19H16N4O3S4/c1-23-17(25)15-12(13-5-3-7-28-13)9-29-16(15)22-19(23)30-10-14(24)21-18(26)20-8-11-4-2-6-27-11/h2-7,9H,8,10H2,1H3,(H2,20,21,24,26). The lowest BCUT2D eigenvalue weighted by molar-refractivity contribution is -0.117. The molecule has 0 atom stereocenters. The van der Waals surface area contributed by atoms with Crippen molar-refractivity contribution in [3.05, 3.63) is 55.6 Å². The molecule has 4 aromatic rings. The van der Waals surface area contributed by atoms with Gasteiger partial charge in [-0.25, -0.2) is 9.78 Å². The molecule has 0 saturated heterocycles. The highest BCUT2D eigenvalue weighted by atomic mass is 32.2. The van der Waals surface area contributed by atoms with Gasteiger partial charge < -0.3 is 5.32 Å². The molecule has 0 saturated carbocycles. The van der Waals surface area contributed by atoms with Crippen molar-refractivity contribution in [1.29, 1.82) is 0 Å². The van der Waals surface area contributed by atoms with Crippen LogP contribution in [-0.2, 0) is 18.4 Å². The zero-order valence-corrected chi connectivity index (χ0v) is 19.0. The van der Waals surface area contributed by atoms with Crippen molar-refractivity contribution >= 4 is 67.9 Å². The number of nitrogens with one attached hydrogen (secondary N) is 2.